The molecule has 0 aromatic rings. The van der Waals surface area contributed by atoms with Crippen LogP contribution < -0.4 is 0 Å². The van der Waals surface area contributed by atoms with Crippen molar-refractivity contribution in [2.24, 2.45) is 0 Å². The summed E-state index contributed by atoms with van der Waals surface area (Å²) in [6.45, 7) is 4.52. The van der Waals surface area contributed by atoms with Gasteiger partial charge < -0.3 is 0 Å². The van der Waals surface area contributed by atoms with Gasteiger partial charge in [0.1, 0.15) is 0 Å². The van der Waals surface area contributed by atoms with Crippen LogP contribution in [0.25, 0.3) is 0 Å². The lowest BCUT2D eigenvalue weighted by atomic mass is 10.0. The zero-order valence-corrected chi connectivity index (χ0v) is 20.1. The fraction of sp³-hybridized carbons (Fsp3) is 0.960. The molecule has 0 unspecified atom stereocenters. The van der Waals surface area contributed by atoms with Crippen LogP contribution in [0.3, 0.4) is 0 Å². The number of hydrogen-bond donors (Lipinski definition) is 0. The van der Waals surface area contributed by atoms with Crippen molar-refractivity contribution in [3.63, 3.8) is 0 Å². The van der Waals surface area contributed by atoms with Gasteiger partial charge in [-0.2, -0.15) is 8.42 Å². The summed E-state index contributed by atoms with van der Waals surface area (Å²) in [6.07, 6.45) is 27.7. The van der Waals surface area contributed by atoms with Gasteiger partial charge in [0.25, 0.3) is 0 Å². The Morgan fingerprint density at radius 1 is 0.429 bits per heavy atom. The molecule has 0 aromatic carbocycles. The molecule has 0 saturated heterocycles. The van der Waals surface area contributed by atoms with Gasteiger partial charge in [-0.3, -0.25) is 0 Å². The van der Waals surface area contributed by atoms with Gasteiger partial charge in [0.15, 0.2) is 0 Å². The van der Waals surface area contributed by atoms with Crippen molar-refractivity contribution in [1.29, 1.82) is 0 Å². The summed E-state index contributed by atoms with van der Waals surface area (Å²) in [5.41, 5.74) is 0. The van der Waals surface area contributed by atoms with Crippen LogP contribution in [0.4, 0.5) is 0 Å². The molecule has 3 heteroatoms. The van der Waals surface area contributed by atoms with E-state index in [1.807, 2.05) is 0 Å². The van der Waals surface area contributed by atoms with E-state index < -0.39 is 10.3 Å². The molecular weight excluding hydrogens is 364 g/mol. The summed E-state index contributed by atoms with van der Waals surface area (Å²) in [6, 6.07) is 0. The van der Waals surface area contributed by atoms with Crippen LogP contribution in [0, 0.1) is 0 Å². The molecule has 0 radical (unpaired) electrons. The topological polar surface area (TPSA) is 34.1 Å². The highest BCUT2D eigenvalue weighted by Crippen LogP contribution is 2.14. The van der Waals surface area contributed by atoms with Gasteiger partial charge in [-0.05, 0) is 25.7 Å². The Kier molecular flexibility index (Phi) is 22.7. The van der Waals surface area contributed by atoms with Crippen molar-refractivity contribution in [3.05, 3.63) is 0 Å². The van der Waals surface area contributed by atoms with Crippen LogP contribution in [0.2, 0.25) is 0 Å². The highest BCUT2D eigenvalue weighted by molar-refractivity contribution is 7.73. The van der Waals surface area contributed by atoms with Gasteiger partial charge in [0, 0.05) is 4.86 Å². The lowest BCUT2D eigenvalue weighted by Crippen LogP contribution is -2.00. The van der Waals surface area contributed by atoms with Crippen molar-refractivity contribution < 1.29 is 8.42 Å². The SMILES string of the molecule is CCCCCCCCCCCCC(CCCCCCCCCCCC)=S(=O)=O. The second-order valence-electron chi connectivity index (χ2n) is 8.64. The molecule has 0 heterocycles. The average Bonchev–Trinajstić information content (AvgIpc) is 2.68. The van der Waals surface area contributed by atoms with E-state index >= 15 is 0 Å². The number of rotatable bonds is 22. The van der Waals surface area contributed by atoms with Crippen LogP contribution in [0.1, 0.15) is 155 Å². The molecule has 2 nitrogen and oxygen atoms in total. The molecule has 0 aromatic heterocycles. The minimum atomic E-state index is -1.96. The lowest BCUT2D eigenvalue weighted by molar-refractivity contribution is 0.555. The number of unbranched alkanes of at least 4 members (excludes halogenated alkanes) is 18. The highest BCUT2D eigenvalue weighted by atomic mass is 32.2. The molecular formula is C25H50O2S. The van der Waals surface area contributed by atoms with E-state index in [1.165, 1.54) is 116 Å². The van der Waals surface area contributed by atoms with E-state index in [0.29, 0.717) is 0 Å². The second kappa shape index (κ2) is 23.0. The third-order valence-electron chi connectivity index (χ3n) is 5.85. The molecule has 28 heavy (non-hydrogen) atoms. The Balaban J connectivity index is 3.51. The van der Waals surface area contributed by atoms with Gasteiger partial charge in [-0.15, -0.1) is 0 Å². The molecule has 0 aliphatic carbocycles. The third-order valence-corrected chi connectivity index (χ3v) is 6.73. The fourth-order valence-electron chi connectivity index (χ4n) is 3.91. The van der Waals surface area contributed by atoms with Crippen molar-refractivity contribution >= 4 is 15.2 Å². The van der Waals surface area contributed by atoms with E-state index in [-0.39, 0.29) is 0 Å². The molecule has 0 N–H and O–H groups in total. The Hall–Kier alpha value is -0.310. The second-order valence-corrected chi connectivity index (χ2v) is 9.68. The Labute approximate surface area is 178 Å². The molecule has 0 aliphatic rings. The van der Waals surface area contributed by atoms with Crippen LogP contribution in [0.15, 0.2) is 0 Å². The van der Waals surface area contributed by atoms with Crippen LogP contribution in [-0.2, 0) is 10.3 Å². The molecule has 0 aliphatic heterocycles. The summed E-state index contributed by atoms with van der Waals surface area (Å²) in [4.78, 5) is 0.777. The maximum absolute atomic E-state index is 11.4. The van der Waals surface area contributed by atoms with Gasteiger partial charge in [0.05, 0.1) is 0 Å². The molecule has 0 spiro atoms. The first-order valence-corrected chi connectivity index (χ1v) is 13.7. The van der Waals surface area contributed by atoms with E-state index in [4.69, 9.17) is 0 Å². The first kappa shape index (κ1) is 27.7. The van der Waals surface area contributed by atoms with Crippen molar-refractivity contribution in [1.82, 2.24) is 0 Å². The summed E-state index contributed by atoms with van der Waals surface area (Å²) < 4.78 is 22.9. The van der Waals surface area contributed by atoms with Gasteiger partial charge in [-0.1, -0.05) is 129 Å². The predicted octanol–water partition coefficient (Wildman–Crippen LogP) is 8.66. The standard InChI is InChI=1S/C25H50O2S/c1-3-5-7-9-11-13-15-17-19-21-23-25(28(26)27)24-22-20-18-16-14-12-10-8-6-4-2/h3-24H2,1-2H3. The summed E-state index contributed by atoms with van der Waals surface area (Å²) in [5, 5.41) is 0. The molecule has 168 valence electrons. The monoisotopic (exact) mass is 414 g/mol. The first-order valence-electron chi connectivity index (χ1n) is 12.7. The number of hydrogen-bond acceptors (Lipinski definition) is 2. The van der Waals surface area contributed by atoms with Crippen LogP contribution in [-0.4, -0.2) is 13.3 Å². The Morgan fingerprint density at radius 3 is 0.929 bits per heavy atom. The highest BCUT2D eigenvalue weighted by Gasteiger charge is 2.03. The van der Waals surface area contributed by atoms with Crippen LogP contribution in [0.5, 0.6) is 0 Å². The zero-order chi connectivity index (χ0) is 20.7. The average molecular weight is 415 g/mol. The predicted molar refractivity (Wildman–Crippen MR) is 127 cm³/mol. The largest absolute Gasteiger partial charge is 0.213 e. The molecule has 0 fully saturated rings. The smallest absolute Gasteiger partial charge is 0.185 e. The minimum absolute atomic E-state index is 0.777. The Bertz CT molecular complexity index is 405. The molecule has 0 bridgehead atoms. The normalized spacial score (nSPS) is 11.1. The molecule has 0 rings (SSSR count). The van der Waals surface area contributed by atoms with E-state index in [0.717, 1.165) is 30.5 Å². The molecule has 0 amide bonds. The van der Waals surface area contributed by atoms with Crippen molar-refractivity contribution in [3.8, 4) is 0 Å². The fourth-order valence-corrected chi connectivity index (χ4v) is 4.53. The maximum Gasteiger partial charge on any atom is 0.213 e. The zero-order valence-electron chi connectivity index (χ0n) is 19.3. The lowest BCUT2D eigenvalue weighted by Gasteiger charge is -2.05. The molecule has 0 atom stereocenters. The van der Waals surface area contributed by atoms with Crippen LogP contribution >= 0.6 is 0 Å². The summed E-state index contributed by atoms with van der Waals surface area (Å²) in [7, 11) is -1.96. The maximum atomic E-state index is 11.4. The summed E-state index contributed by atoms with van der Waals surface area (Å²) in [5.74, 6) is 0. The van der Waals surface area contributed by atoms with Crippen molar-refractivity contribution in [2.45, 2.75) is 155 Å². The van der Waals surface area contributed by atoms with Gasteiger partial charge >= 0.3 is 0 Å². The third kappa shape index (κ3) is 20.4. The van der Waals surface area contributed by atoms with Crippen molar-refractivity contribution in [2.75, 3.05) is 0 Å². The quantitative estimate of drug-likeness (QED) is 0.131. The Morgan fingerprint density at radius 2 is 0.679 bits per heavy atom. The van der Waals surface area contributed by atoms with E-state index in [9.17, 15) is 8.42 Å². The minimum Gasteiger partial charge on any atom is -0.185 e. The first-order chi connectivity index (χ1) is 13.7. The van der Waals surface area contributed by atoms with E-state index in [1.54, 1.807) is 0 Å². The van der Waals surface area contributed by atoms with E-state index in [2.05, 4.69) is 13.8 Å². The summed E-state index contributed by atoms with van der Waals surface area (Å²) >= 11 is 0. The van der Waals surface area contributed by atoms with Gasteiger partial charge in [-0.25, -0.2) is 0 Å². The van der Waals surface area contributed by atoms with Gasteiger partial charge in [0.2, 0.25) is 10.3 Å². The molecule has 0 saturated carbocycles.